The van der Waals surface area contributed by atoms with Crippen LogP contribution >= 0.6 is 12.2 Å². The van der Waals surface area contributed by atoms with E-state index in [0.29, 0.717) is 0 Å². The molecule has 0 saturated carbocycles. The van der Waals surface area contributed by atoms with Crippen LogP contribution in [-0.2, 0) is 9.59 Å². The Morgan fingerprint density at radius 2 is 2.12 bits per heavy atom. The summed E-state index contributed by atoms with van der Waals surface area (Å²) in [7, 11) is 0. The second-order valence-corrected chi connectivity index (χ2v) is 1.90. The van der Waals surface area contributed by atoms with Gasteiger partial charge in [-0.3, -0.25) is 9.59 Å². The molecule has 0 aliphatic carbocycles. The fourth-order valence-corrected chi connectivity index (χ4v) is 0.597. The summed E-state index contributed by atoms with van der Waals surface area (Å²) in [4.78, 5) is 20.6. The van der Waals surface area contributed by atoms with E-state index in [1.807, 2.05) is 0 Å². The summed E-state index contributed by atoms with van der Waals surface area (Å²) in [6.07, 6.45) is 0.0359. The number of carbonyl (C=O) groups is 2. The molecular formula is C4H2NO2S. The van der Waals surface area contributed by atoms with E-state index in [2.05, 4.69) is 17.5 Å². The summed E-state index contributed by atoms with van der Waals surface area (Å²) in [5.41, 5.74) is 0. The summed E-state index contributed by atoms with van der Waals surface area (Å²) in [5, 5.41) is 3.05. The van der Waals surface area contributed by atoms with Crippen molar-refractivity contribution in [1.29, 1.82) is 0 Å². The molecule has 1 saturated heterocycles. The van der Waals surface area contributed by atoms with E-state index < -0.39 is 11.8 Å². The first-order valence-corrected chi connectivity index (χ1v) is 2.42. The molecule has 0 N–H and O–H groups in total. The fourth-order valence-electron chi connectivity index (χ4n) is 0.428. The van der Waals surface area contributed by atoms with E-state index in [9.17, 15) is 9.59 Å². The first kappa shape index (κ1) is 5.37. The van der Waals surface area contributed by atoms with Crippen molar-refractivity contribution < 1.29 is 9.59 Å². The number of carbonyl (C=O) groups excluding carboxylic acids is 2. The Morgan fingerprint density at radius 3 is 2.25 bits per heavy atom. The second kappa shape index (κ2) is 1.63. The number of imide groups is 1. The largest absolute Gasteiger partial charge is 0.287 e. The predicted octanol–water partition coefficient (Wildman–Crippen LogP) is -0.582. The maximum Gasteiger partial charge on any atom is 0.287 e. The van der Waals surface area contributed by atoms with Crippen LogP contribution in [0.1, 0.15) is 6.42 Å². The highest BCUT2D eigenvalue weighted by Gasteiger charge is 2.25. The molecule has 1 heterocycles. The van der Waals surface area contributed by atoms with Gasteiger partial charge in [-0.15, -0.1) is 0 Å². The SMILES string of the molecule is O=C1CC(=S)C(=O)[N]1. The van der Waals surface area contributed by atoms with Crippen LogP contribution in [0.4, 0.5) is 0 Å². The number of amides is 2. The third-order valence-corrected chi connectivity index (χ3v) is 1.10. The van der Waals surface area contributed by atoms with Crippen LogP contribution in [0, 0.1) is 0 Å². The minimum atomic E-state index is -0.537. The van der Waals surface area contributed by atoms with Crippen molar-refractivity contribution in [3.8, 4) is 0 Å². The lowest BCUT2D eigenvalue weighted by atomic mass is 10.4. The highest BCUT2D eigenvalue weighted by Crippen LogP contribution is 1.97. The van der Waals surface area contributed by atoms with Gasteiger partial charge in [-0.2, -0.15) is 5.32 Å². The number of hydrogen-bond donors (Lipinski definition) is 0. The summed E-state index contributed by atoms with van der Waals surface area (Å²) in [6.45, 7) is 0. The Morgan fingerprint density at radius 1 is 1.50 bits per heavy atom. The zero-order valence-electron chi connectivity index (χ0n) is 3.88. The fraction of sp³-hybridized carbons (Fsp3) is 0.250. The van der Waals surface area contributed by atoms with E-state index in [1.54, 1.807) is 0 Å². The van der Waals surface area contributed by atoms with E-state index in [1.165, 1.54) is 0 Å². The summed E-state index contributed by atoms with van der Waals surface area (Å²) in [5.74, 6) is -0.954. The molecule has 0 unspecified atom stereocenters. The molecule has 1 fully saturated rings. The first-order valence-electron chi connectivity index (χ1n) is 2.02. The van der Waals surface area contributed by atoms with Gasteiger partial charge in [-0.1, -0.05) is 12.2 Å². The third kappa shape index (κ3) is 0.742. The smallest absolute Gasteiger partial charge is 0.272 e. The Balaban J connectivity index is 2.79. The van der Waals surface area contributed by atoms with Crippen molar-refractivity contribution in [3.63, 3.8) is 0 Å². The Bertz CT molecular complexity index is 157. The lowest BCUT2D eigenvalue weighted by Gasteiger charge is -1.74. The van der Waals surface area contributed by atoms with Gasteiger partial charge >= 0.3 is 0 Å². The van der Waals surface area contributed by atoms with Crippen molar-refractivity contribution in [2.24, 2.45) is 0 Å². The molecule has 0 aromatic heterocycles. The van der Waals surface area contributed by atoms with E-state index >= 15 is 0 Å². The molecule has 1 rings (SSSR count). The van der Waals surface area contributed by atoms with Gasteiger partial charge in [0.25, 0.3) is 11.8 Å². The van der Waals surface area contributed by atoms with Gasteiger partial charge < -0.3 is 0 Å². The van der Waals surface area contributed by atoms with Gasteiger partial charge in [0.15, 0.2) is 0 Å². The zero-order valence-corrected chi connectivity index (χ0v) is 4.70. The van der Waals surface area contributed by atoms with E-state index in [0.717, 1.165) is 0 Å². The van der Waals surface area contributed by atoms with Crippen molar-refractivity contribution in [3.05, 3.63) is 0 Å². The van der Waals surface area contributed by atoms with Gasteiger partial charge in [0.05, 0.1) is 11.3 Å². The lowest BCUT2D eigenvalue weighted by Crippen LogP contribution is -2.12. The van der Waals surface area contributed by atoms with Crippen LogP contribution in [0.2, 0.25) is 0 Å². The van der Waals surface area contributed by atoms with Crippen LogP contribution in [0.25, 0.3) is 0 Å². The number of rotatable bonds is 0. The van der Waals surface area contributed by atoms with E-state index in [4.69, 9.17) is 0 Å². The molecule has 8 heavy (non-hydrogen) atoms. The van der Waals surface area contributed by atoms with Crippen molar-refractivity contribution >= 4 is 28.9 Å². The molecule has 1 radical (unpaired) electrons. The van der Waals surface area contributed by atoms with Crippen LogP contribution in [0.15, 0.2) is 0 Å². The zero-order chi connectivity index (χ0) is 6.15. The Hall–Kier alpha value is -0.770. The normalized spacial score (nSPS) is 19.2. The molecule has 0 atom stereocenters. The molecule has 41 valence electrons. The third-order valence-electron chi connectivity index (χ3n) is 0.777. The highest BCUT2D eigenvalue weighted by atomic mass is 32.1. The summed E-state index contributed by atoms with van der Waals surface area (Å²) >= 11 is 4.45. The van der Waals surface area contributed by atoms with Crippen molar-refractivity contribution in [2.45, 2.75) is 6.42 Å². The minimum absolute atomic E-state index is 0.0359. The summed E-state index contributed by atoms with van der Waals surface area (Å²) < 4.78 is 0. The molecule has 0 bridgehead atoms. The average Bonchev–Trinajstić information content (AvgIpc) is 1.85. The molecular weight excluding hydrogens is 126 g/mol. The second-order valence-electron chi connectivity index (χ2n) is 1.41. The van der Waals surface area contributed by atoms with Gasteiger partial charge in [-0.25, -0.2) is 0 Å². The molecule has 1 aliphatic heterocycles. The van der Waals surface area contributed by atoms with Crippen LogP contribution in [0.5, 0.6) is 0 Å². The van der Waals surface area contributed by atoms with Crippen molar-refractivity contribution in [1.82, 2.24) is 5.32 Å². The van der Waals surface area contributed by atoms with Crippen molar-refractivity contribution in [2.75, 3.05) is 0 Å². The number of hydrogen-bond acceptors (Lipinski definition) is 3. The van der Waals surface area contributed by atoms with E-state index in [-0.39, 0.29) is 11.3 Å². The first-order chi connectivity index (χ1) is 3.70. The van der Waals surface area contributed by atoms with Gasteiger partial charge in [0.1, 0.15) is 0 Å². The molecule has 0 spiro atoms. The number of thiocarbonyl (C=S) groups is 1. The van der Waals surface area contributed by atoms with Crippen LogP contribution < -0.4 is 5.32 Å². The predicted molar refractivity (Wildman–Crippen MR) is 29.4 cm³/mol. The maximum absolute atomic E-state index is 10.3. The topological polar surface area (TPSA) is 48.2 Å². The minimum Gasteiger partial charge on any atom is -0.272 e. The van der Waals surface area contributed by atoms with Gasteiger partial charge in [0, 0.05) is 0 Å². The quantitative estimate of drug-likeness (QED) is 0.324. The average molecular weight is 128 g/mol. The van der Waals surface area contributed by atoms with Crippen LogP contribution in [0.3, 0.4) is 0 Å². The highest BCUT2D eigenvalue weighted by molar-refractivity contribution is 7.82. The molecule has 3 nitrogen and oxygen atoms in total. The summed E-state index contributed by atoms with van der Waals surface area (Å²) in [6, 6.07) is 0. The molecule has 4 heteroatoms. The number of nitrogens with zero attached hydrogens (tertiary/aromatic N) is 1. The standard InChI is InChI=1S/C4H2NO2S/c6-3-1-2(8)4(7)5-3/h1H2. The maximum atomic E-state index is 10.3. The molecule has 0 aromatic carbocycles. The molecule has 2 amide bonds. The Kier molecular flexibility index (Phi) is 1.09. The lowest BCUT2D eigenvalue weighted by molar-refractivity contribution is -0.124. The monoisotopic (exact) mass is 128 g/mol. The molecule has 0 aromatic rings. The van der Waals surface area contributed by atoms with Crippen LogP contribution in [-0.4, -0.2) is 16.7 Å². The van der Waals surface area contributed by atoms with Gasteiger partial charge in [-0.05, 0) is 0 Å². The van der Waals surface area contributed by atoms with Gasteiger partial charge in [0.2, 0.25) is 0 Å². The molecule has 1 aliphatic rings. The Labute approximate surface area is 51.1 Å².